The predicted molar refractivity (Wildman–Crippen MR) is 95.8 cm³/mol. The first-order valence-corrected chi connectivity index (χ1v) is 7.90. The van der Waals surface area contributed by atoms with Crippen molar-refractivity contribution in [2.75, 3.05) is 18.5 Å². The summed E-state index contributed by atoms with van der Waals surface area (Å²) in [6, 6.07) is 15.6. The van der Waals surface area contributed by atoms with E-state index in [0.29, 0.717) is 18.0 Å². The molecule has 132 valence electrons. The van der Waals surface area contributed by atoms with Gasteiger partial charge in [-0.1, -0.05) is 42.5 Å². The Morgan fingerprint density at radius 2 is 2.00 bits per heavy atom. The second-order valence-corrected chi connectivity index (χ2v) is 5.33. The zero-order chi connectivity index (χ0) is 17.9. The first-order valence-electron chi connectivity index (χ1n) is 7.90. The van der Waals surface area contributed by atoms with Gasteiger partial charge in [0.15, 0.2) is 6.61 Å². The Hall–Kier alpha value is -2.83. The van der Waals surface area contributed by atoms with Crippen molar-refractivity contribution in [1.29, 1.82) is 0 Å². The van der Waals surface area contributed by atoms with Gasteiger partial charge in [0.05, 0.1) is 6.61 Å². The molecule has 0 radical (unpaired) electrons. The minimum Gasteiger partial charge on any atom is -0.493 e. The highest BCUT2D eigenvalue weighted by Crippen LogP contribution is 2.17. The maximum atomic E-state index is 11.7. The molecule has 1 amide bonds. The van der Waals surface area contributed by atoms with Crippen LogP contribution in [-0.4, -0.2) is 19.1 Å². The van der Waals surface area contributed by atoms with Crippen LogP contribution in [0.3, 0.4) is 0 Å². The number of benzene rings is 2. The van der Waals surface area contributed by atoms with Gasteiger partial charge in [-0.15, -0.1) is 4.99 Å². The molecule has 0 aliphatic rings. The molecule has 0 aliphatic carbocycles. The van der Waals surface area contributed by atoms with Crippen LogP contribution in [0.25, 0.3) is 0 Å². The number of hydrogen-bond acceptors (Lipinski definition) is 5. The van der Waals surface area contributed by atoms with Crippen LogP contribution in [0.2, 0.25) is 0 Å². The van der Waals surface area contributed by atoms with Crippen molar-refractivity contribution in [2.45, 2.75) is 13.3 Å². The molecule has 0 spiro atoms. The van der Waals surface area contributed by atoms with Crippen LogP contribution in [0.15, 0.2) is 61.3 Å². The molecule has 2 aromatic rings. The number of carbonyl (C=O) groups excluding carboxylic acids is 1. The van der Waals surface area contributed by atoms with Gasteiger partial charge in [-0.2, -0.15) is 0 Å². The summed E-state index contributed by atoms with van der Waals surface area (Å²) in [7, 11) is 0. The van der Waals surface area contributed by atoms with E-state index in [4.69, 9.17) is 4.74 Å². The maximum absolute atomic E-state index is 11.7. The van der Waals surface area contributed by atoms with E-state index in [1.807, 2.05) is 12.1 Å². The van der Waals surface area contributed by atoms with Crippen LogP contribution < -0.4 is 15.5 Å². The monoisotopic (exact) mass is 342 g/mol. The van der Waals surface area contributed by atoms with Gasteiger partial charge in [-0.05, 0) is 24.6 Å². The largest absolute Gasteiger partial charge is 0.493 e. The molecular formula is C19H22N2O4. The zero-order valence-corrected chi connectivity index (χ0v) is 14.2. The van der Waals surface area contributed by atoms with Crippen molar-refractivity contribution in [3.63, 3.8) is 0 Å². The second kappa shape index (κ2) is 10.1. The van der Waals surface area contributed by atoms with E-state index in [0.717, 1.165) is 6.42 Å². The summed E-state index contributed by atoms with van der Waals surface area (Å²) in [6.07, 6.45) is 2.10. The lowest BCUT2D eigenvalue weighted by Crippen LogP contribution is -2.20. The lowest BCUT2D eigenvalue weighted by Gasteiger charge is -2.09. The van der Waals surface area contributed by atoms with Crippen LogP contribution in [-0.2, 0) is 21.1 Å². The fourth-order valence-corrected chi connectivity index (χ4v) is 2.05. The van der Waals surface area contributed by atoms with Crippen molar-refractivity contribution in [1.82, 2.24) is 5.48 Å². The molecule has 0 aliphatic heterocycles. The number of ether oxygens (including phenoxy) is 1. The van der Waals surface area contributed by atoms with E-state index in [2.05, 4.69) is 58.4 Å². The highest BCUT2D eigenvalue weighted by Gasteiger charge is 2.04. The molecule has 0 aromatic heterocycles. The molecule has 25 heavy (non-hydrogen) atoms. The first-order chi connectivity index (χ1) is 12.2. The van der Waals surface area contributed by atoms with Crippen LogP contribution in [0, 0.1) is 6.92 Å². The Morgan fingerprint density at radius 3 is 2.76 bits per heavy atom. The molecule has 2 N–H and O–H groups in total. The number of hydroxylamine groups is 1. The molecule has 0 bridgehead atoms. The summed E-state index contributed by atoms with van der Waals surface area (Å²) in [6.45, 7) is 5.74. The number of anilines is 1. The summed E-state index contributed by atoms with van der Waals surface area (Å²) in [5, 5.41) is 2.70. The summed E-state index contributed by atoms with van der Waals surface area (Å²) in [5.41, 5.74) is 5.34. The van der Waals surface area contributed by atoms with E-state index < -0.39 is 0 Å². The Labute approximate surface area is 147 Å². The lowest BCUT2D eigenvalue weighted by molar-refractivity contribution is -0.320. The van der Waals surface area contributed by atoms with Gasteiger partial charge in [0, 0.05) is 24.4 Å². The molecular weight excluding hydrogens is 320 g/mol. The fourth-order valence-electron chi connectivity index (χ4n) is 2.05. The Balaban J connectivity index is 1.77. The van der Waals surface area contributed by atoms with E-state index >= 15 is 0 Å². The van der Waals surface area contributed by atoms with Crippen LogP contribution in [0.1, 0.15) is 11.1 Å². The Bertz CT molecular complexity index is 686. The molecule has 0 unspecified atom stereocenters. The summed E-state index contributed by atoms with van der Waals surface area (Å²) < 4.78 is 5.75. The van der Waals surface area contributed by atoms with Crippen LogP contribution in [0.4, 0.5) is 5.69 Å². The van der Waals surface area contributed by atoms with E-state index in [-0.39, 0.29) is 12.5 Å². The van der Waals surface area contributed by atoms with Crippen LogP contribution >= 0.6 is 0 Å². The molecule has 0 saturated carbocycles. The predicted octanol–water partition coefficient (Wildman–Crippen LogP) is 3.15. The fraction of sp³-hybridized carbons (Fsp3) is 0.211. The van der Waals surface area contributed by atoms with Gasteiger partial charge in [0.25, 0.3) is 5.91 Å². The standard InChI is InChI=1S/C19H22N2O4/c1-3-20-25-24-14-19(22)21-17-5-4-6-18(13-17)23-12-11-16-9-7-15(2)8-10-16/h3-10,13,20H,1,11-12,14H2,2H3,(H,21,22). The van der Waals surface area contributed by atoms with Crippen molar-refractivity contribution < 1.29 is 19.4 Å². The molecule has 0 heterocycles. The second-order valence-electron chi connectivity index (χ2n) is 5.33. The van der Waals surface area contributed by atoms with Crippen molar-refractivity contribution >= 4 is 11.6 Å². The lowest BCUT2D eigenvalue weighted by atomic mass is 10.1. The molecule has 0 fully saturated rings. The van der Waals surface area contributed by atoms with Gasteiger partial charge >= 0.3 is 0 Å². The average molecular weight is 342 g/mol. The van der Waals surface area contributed by atoms with Crippen LogP contribution in [0.5, 0.6) is 5.75 Å². The van der Waals surface area contributed by atoms with Gasteiger partial charge in [0.1, 0.15) is 5.75 Å². The average Bonchev–Trinajstić information content (AvgIpc) is 2.61. The Morgan fingerprint density at radius 1 is 1.20 bits per heavy atom. The first kappa shape index (κ1) is 18.5. The topological polar surface area (TPSA) is 68.8 Å². The number of nitrogens with one attached hydrogen (secondary N) is 2. The summed E-state index contributed by atoms with van der Waals surface area (Å²) in [5.74, 6) is 0.345. The molecule has 6 heteroatoms. The van der Waals surface area contributed by atoms with E-state index in [1.54, 1.807) is 12.1 Å². The smallest absolute Gasteiger partial charge is 0.253 e. The summed E-state index contributed by atoms with van der Waals surface area (Å²) in [4.78, 5) is 20.8. The van der Waals surface area contributed by atoms with Gasteiger partial charge in [-0.3, -0.25) is 4.79 Å². The van der Waals surface area contributed by atoms with Crippen molar-refractivity contribution in [2.24, 2.45) is 0 Å². The maximum Gasteiger partial charge on any atom is 0.253 e. The minimum absolute atomic E-state index is 0.251. The number of carbonyl (C=O) groups is 1. The molecule has 2 aromatic carbocycles. The molecule has 2 rings (SSSR count). The summed E-state index contributed by atoms with van der Waals surface area (Å²) >= 11 is 0. The highest BCUT2D eigenvalue weighted by atomic mass is 17.3. The van der Waals surface area contributed by atoms with E-state index in [9.17, 15) is 4.79 Å². The van der Waals surface area contributed by atoms with E-state index in [1.165, 1.54) is 17.3 Å². The van der Waals surface area contributed by atoms with Gasteiger partial charge in [0.2, 0.25) is 0 Å². The third kappa shape index (κ3) is 7.07. The van der Waals surface area contributed by atoms with Gasteiger partial charge < -0.3 is 10.1 Å². The number of hydrogen-bond donors (Lipinski definition) is 2. The zero-order valence-electron chi connectivity index (χ0n) is 14.2. The Kier molecular flexibility index (Phi) is 7.49. The number of aryl methyl sites for hydroxylation is 1. The van der Waals surface area contributed by atoms with Crippen molar-refractivity contribution in [3.8, 4) is 5.75 Å². The molecule has 6 nitrogen and oxygen atoms in total. The van der Waals surface area contributed by atoms with Crippen molar-refractivity contribution in [3.05, 3.63) is 72.4 Å². The molecule has 0 atom stereocenters. The quantitative estimate of drug-likeness (QED) is 0.394. The van der Waals surface area contributed by atoms with Gasteiger partial charge in [-0.25, -0.2) is 10.4 Å². The SMILES string of the molecule is C=CNOOCC(=O)Nc1cccc(OCCc2ccc(C)cc2)c1. The third-order valence-corrected chi connectivity index (χ3v) is 3.28. The normalized spacial score (nSPS) is 10.1. The third-order valence-electron chi connectivity index (χ3n) is 3.28. The molecule has 0 saturated heterocycles. The highest BCUT2D eigenvalue weighted by molar-refractivity contribution is 5.91. The number of amides is 1. The number of rotatable bonds is 10. The minimum atomic E-state index is -0.345.